The van der Waals surface area contributed by atoms with Gasteiger partial charge in [-0.3, -0.25) is 15.3 Å². The molecule has 6 heteroatoms. The lowest BCUT2D eigenvalue weighted by Gasteiger charge is -2.10. The van der Waals surface area contributed by atoms with Gasteiger partial charge in [0.05, 0.1) is 7.11 Å². The first-order valence-corrected chi connectivity index (χ1v) is 6.12. The highest BCUT2D eigenvalue weighted by Gasteiger charge is 2.20. The maximum Gasteiger partial charge on any atom is 0.121 e. The van der Waals surface area contributed by atoms with Gasteiger partial charge < -0.3 is 4.74 Å². The molecule has 1 aromatic rings. The molecule has 19 heavy (non-hydrogen) atoms. The van der Waals surface area contributed by atoms with E-state index in [0.717, 1.165) is 24.6 Å². The van der Waals surface area contributed by atoms with Crippen LogP contribution >= 0.6 is 0 Å². The number of rotatable bonds is 6. The number of amidine groups is 1. The second-order valence-electron chi connectivity index (χ2n) is 4.23. The van der Waals surface area contributed by atoms with Gasteiger partial charge in [0.2, 0.25) is 0 Å². The maximum atomic E-state index is 11.4. The highest BCUT2D eigenvalue weighted by atomic mass is 19.3. The van der Waals surface area contributed by atoms with Crippen LogP contribution in [-0.2, 0) is 9.78 Å². The van der Waals surface area contributed by atoms with Gasteiger partial charge in [0.25, 0.3) is 0 Å². The molecular weight excluding hydrogens is 251 g/mol. The first-order valence-electron chi connectivity index (χ1n) is 6.12. The second kappa shape index (κ2) is 7.06. The lowest BCUT2D eigenvalue weighted by molar-refractivity contribution is -0.149. The molecule has 0 aromatic heterocycles. The molecule has 0 saturated carbocycles. The van der Waals surface area contributed by atoms with Crippen LogP contribution in [0.15, 0.2) is 29.3 Å². The highest BCUT2D eigenvalue weighted by Crippen LogP contribution is 2.26. The first-order chi connectivity index (χ1) is 9.33. The molecule has 1 unspecified atom stereocenters. The van der Waals surface area contributed by atoms with Crippen molar-refractivity contribution in [3.63, 3.8) is 0 Å². The van der Waals surface area contributed by atoms with Crippen molar-refractivity contribution in [3.8, 4) is 5.75 Å². The van der Waals surface area contributed by atoms with E-state index >= 15 is 0 Å². The summed E-state index contributed by atoms with van der Waals surface area (Å²) in [6, 6.07) is 7.96. The summed E-state index contributed by atoms with van der Waals surface area (Å²) < 4.78 is 16.5. The highest BCUT2D eigenvalue weighted by molar-refractivity contribution is 5.83. The number of benzene rings is 1. The molecule has 1 aliphatic heterocycles. The number of ether oxygens (including phenoxy) is 1. The zero-order valence-corrected chi connectivity index (χ0v) is 10.8. The van der Waals surface area contributed by atoms with E-state index < -0.39 is 0 Å². The second-order valence-corrected chi connectivity index (χ2v) is 4.23. The van der Waals surface area contributed by atoms with E-state index in [1.165, 1.54) is 5.56 Å². The number of hydrogen-bond donors (Lipinski definition) is 1. The molecule has 0 amide bonds. The van der Waals surface area contributed by atoms with E-state index in [1.54, 1.807) is 7.11 Å². The Balaban J connectivity index is 1.79. The molecule has 0 aliphatic carbocycles. The fourth-order valence-electron chi connectivity index (χ4n) is 1.96. The van der Waals surface area contributed by atoms with Gasteiger partial charge in [0.1, 0.15) is 24.8 Å². The van der Waals surface area contributed by atoms with Crippen LogP contribution in [0.4, 0.5) is 4.53 Å². The largest absolute Gasteiger partial charge is 0.497 e. The van der Waals surface area contributed by atoms with Gasteiger partial charge in [-0.1, -0.05) is 12.1 Å². The molecule has 0 spiro atoms. The number of hydroxylamine groups is 1. The Bertz CT molecular complexity index is 422. The van der Waals surface area contributed by atoms with Crippen molar-refractivity contribution in [1.29, 1.82) is 0 Å². The van der Waals surface area contributed by atoms with E-state index in [0.29, 0.717) is 5.92 Å². The van der Waals surface area contributed by atoms with E-state index in [4.69, 9.17) is 9.57 Å². The third kappa shape index (κ3) is 3.90. The Labute approximate surface area is 111 Å². The number of hydrogen-bond acceptors (Lipinski definition) is 5. The molecule has 1 aromatic carbocycles. The summed E-state index contributed by atoms with van der Waals surface area (Å²) in [6.07, 6.45) is 0.781. The van der Waals surface area contributed by atoms with E-state index in [1.807, 2.05) is 24.3 Å². The van der Waals surface area contributed by atoms with E-state index in [-0.39, 0.29) is 13.2 Å². The first kappa shape index (κ1) is 13.8. The summed E-state index contributed by atoms with van der Waals surface area (Å²) >= 11 is 0. The van der Waals surface area contributed by atoms with Gasteiger partial charge in [-0.25, -0.2) is 0 Å². The average molecular weight is 268 g/mol. The van der Waals surface area contributed by atoms with Crippen LogP contribution in [0.3, 0.4) is 0 Å². The molecule has 0 saturated heterocycles. The Hall–Kier alpha value is -1.66. The van der Waals surface area contributed by atoms with Gasteiger partial charge in [-0.05, 0) is 22.2 Å². The van der Waals surface area contributed by atoms with Crippen molar-refractivity contribution < 1.29 is 19.0 Å². The molecule has 1 atom stereocenters. The third-order valence-electron chi connectivity index (χ3n) is 2.98. The van der Waals surface area contributed by atoms with Crippen molar-refractivity contribution >= 4 is 5.84 Å². The minimum atomic E-state index is -0.0951. The van der Waals surface area contributed by atoms with Crippen LogP contribution in [0.1, 0.15) is 17.9 Å². The molecular formula is C13H17FN2O3. The molecule has 1 heterocycles. The Morgan fingerprint density at radius 3 is 2.79 bits per heavy atom. The van der Waals surface area contributed by atoms with Crippen LogP contribution in [0.25, 0.3) is 0 Å². The number of nitrogens with one attached hydrogen (secondary N) is 1. The number of halogens is 1. The molecule has 0 bridgehead atoms. The minimum absolute atomic E-state index is 0.0951. The molecule has 1 N–H and O–H groups in total. The molecule has 0 fully saturated rings. The topological polar surface area (TPSA) is 52.1 Å². The molecule has 5 nitrogen and oxygen atoms in total. The normalized spacial score (nSPS) is 18.2. The van der Waals surface area contributed by atoms with Gasteiger partial charge in [-0.15, -0.1) is 0 Å². The average Bonchev–Trinajstić information content (AvgIpc) is 2.92. The standard InChI is InChI=1S/C13H17FN2O3/c1-17-12-4-2-10(3-5-12)11-8-13(15-9-11)16-19-7-6-18-14/h2-5,11H,6-9H2,1H3,(H,15,16). The van der Waals surface area contributed by atoms with Crippen LogP contribution in [0.5, 0.6) is 5.75 Å². The summed E-state index contributed by atoms with van der Waals surface area (Å²) in [4.78, 5) is 12.8. The fourth-order valence-corrected chi connectivity index (χ4v) is 1.96. The lowest BCUT2D eigenvalue weighted by atomic mass is 9.97. The number of nitrogens with zero attached hydrogens (tertiary/aromatic N) is 1. The Kier molecular flexibility index (Phi) is 5.11. The Morgan fingerprint density at radius 1 is 1.32 bits per heavy atom. The van der Waals surface area contributed by atoms with Crippen molar-refractivity contribution in [1.82, 2.24) is 5.48 Å². The summed E-state index contributed by atoms with van der Waals surface area (Å²) in [5.41, 5.74) is 3.93. The molecule has 104 valence electrons. The summed E-state index contributed by atoms with van der Waals surface area (Å²) in [6.45, 7) is 0.766. The van der Waals surface area contributed by atoms with Crippen LogP contribution in [-0.4, -0.2) is 32.7 Å². The zero-order chi connectivity index (χ0) is 13.5. The SMILES string of the molecule is COc1ccc(C2CN=C(NOCCOF)C2)cc1. The summed E-state index contributed by atoms with van der Waals surface area (Å²) in [5, 5.41) is 0. The van der Waals surface area contributed by atoms with Crippen LogP contribution in [0.2, 0.25) is 0 Å². The van der Waals surface area contributed by atoms with Gasteiger partial charge in [0.15, 0.2) is 0 Å². The summed E-state index contributed by atoms with van der Waals surface area (Å²) in [5.74, 6) is 1.96. The Morgan fingerprint density at radius 2 is 2.11 bits per heavy atom. The molecule has 2 rings (SSSR count). The predicted molar refractivity (Wildman–Crippen MR) is 68.8 cm³/mol. The van der Waals surface area contributed by atoms with Crippen LogP contribution in [0, 0.1) is 0 Å². The minimum Gasteiger partial charge on any atom is -0.497 e. The maximum absolute atomic E-state index is 11.4. The quantitative estimate of drug-likeness (QED) is 0.633. The predicted octanol–water partition coefficient (Wildman–Crippen LogP) is 2.00. The third-order valence-corrected chi connectivity index (χ3v) is 2.98. The van der Waals surface area contributed by atoms with E-state index in [2.05, 4.69) is 15.4 Å². The van der Waals surface area contributed by atoms with Crippen molar-refractivity contribution in [2.24, 2.45) is 4.99 Å². The van der Waals surface area contributed by atoms with Crippen molar-refractivity contribution in [2.75, 3.05) is 26.9 Å². The van der Waals surface area contributed by atoms with Gasteiger partial charge >= 0.3 is 0 Å². The molecule has 0 radical (unpaired) electrons. The van der Waals surface area contributed by atoms with Gasteiger partial charge in [-0.2, -0.15) is 4.94 Å². The van der Waals surface area contributed by atoms with Crippen LogP contribution < -0.4 is 10.2 Å². The number of methoxy groups -OCH3 is 1. The van der Waals surface area contributed by atoms with E-state index in [9.17, 15) is 4.53 Å². The van der Waals surface area contributed by atoms with Crippen molar-refractivity contribution in [2.45, 2.75) is 12.3 Å². The zero-order valence-electron chi connectivity index (χ0n) is 10.8. The number of aliphatic imine (C=N–C) groups is 1. The fraction of sp³-hybridized carbons (Fsp3) is 0.462. The van der Waals surface area contributed by atoms with Gasteiger partial charge in [0, 0.05) is 18.9 Å². The monoisotopic (exact) mass is 268 g/mol. The van der Waals surface area contributed by atoms with Crippen molar-refractivity contribution in [3.05, 3.63) is 29.8 Å². The molecule has 1 aliphatic rings. The smallest absolute Gasteiger partial charge is 0.121 e. The summed E-state index contributed by atoms with van der Waals surface area (Å²) in [7, 11) is 1.65. The lowest BCUT2D eigenvalue weighted by Crippen LogP contribution is -2.24.